The smallest absolute Gasteiger partial charge is 0.334 e. The van der Waals surface area contributed by atoms with Crippen molar-refractivity contribution in [2.24, 2.45) is 0 Å². The molecule has 2 aromatic rings. The van der Waals surface area contributed by atoms with Crippen molar-refractivity contribution in [2.45, 2.75) is 19.9 Å². The van der Waals surface area contributed by atoms with E-state index < -0.39 is 17.8 Å². The van der Waals surface area contributed by atoms with Gasteiger partial charge in [0.1, 0.15) is 6.54 Å². The van der Waals surface area contributed by atoms with Gasteiger partial charge in [0.15, 0.2) is 0 Å². The minimum absolute atomic E-state index is 0.106. The molecule has 1 aliphatic rings. The molecule has 114 valence electrons. The highest BCUT2D eigenvalue weighted by molar-refractivity contribution is 7.08. The molecule has 0 bridgehead atoms. The van der Waals surface area contributed by atoms with E-state index in [1.54, 1.807) is 0 Å². The summed E-state index contributed by atoms with van der Waals surface area (Å²) in [5.41, 5.74) is 0.794. The summed E-state index contributed by atoms with van der Waals surface area (Å²) in [6.07, 6.45) is 0.585. The van der Waals surface area contributed by atoms with Crippen molar-refractivity contribution in [2.75, 3.05) is 6.54 Å². The quantitative estimate of drug-likeness (QED) is 0.612. The number of rotatable bonds is 5. The van der Waals surface area contributed by atoms with Crippen LogP contribution in [0, 0.1) is 0 Å². The van der Waals surface area contributed by atoms with Gasteiger partial charge in [-0.05, 0) is 17.9 Å². The van der Waals surface area contributed by atoms with Crippen molar-refractivity contribution >= 4 is 29.2 Å². The van der Waals surface area contributed by atoms with Crippen LogP contribution in [0.3, 0.4) is 0 Å². The van der Waals surface area contributed by atoms with E-state index in [-0.39, 0.29) is 19.0 Å². The molecule has 0 N–H and O–H groups in total. The van der Waals surface area contributed by atoms with Gasteiger partial charge in [-0.1, -0.05) is 12.1 Å². The van der Waals surface area contributed by atoms with Crippen LogP contribution in [0.2, 0.25) is 0 Å². The number of thiophene rings is 1. The summed E-state index contributed by atoms with van der Waals surface area (Å²) in [6.45, 7) is 1.82. The van der Waals surface area contributed by atoms with Gasteiger partial charge in [0, 0.05) is 17.5 Å². The predicted octanol–water partition coefficient (Wildman–Crippen LogP) is 1.50. The number of amides is 4. The number of urea groups is 1. The number of carbonyl (C=O) groups is 3. The fraction of sp³-hybridized carbons (Fsp3) is 0.308. The number of nitrogens with zero attached hydrogens (tertiary/aromatic N) is 4. The molecule has 22 heavy (non-hydrogen) atoms. The Hall–Kier alpha value is -2.55. The lowest BCUT2D eigenvalue weighted by Gasteiger charge is -2.12. The molecule has 0 atom stereocenters. The first-order valence-corrected chi connectivity index (χ1v) is 7.58. The first-order chi connectivity index (χ1) is 10.6. The first kappa shape index (κ1) is 14.4. The summed E-state index contributed by atoms with van der Waals surface area (Å²) in [5.74, 6) is -1.20. The van der Waals surface area contributed by atoms with E-state index in [0.29, 0.717) is 12.2 Å². The third-order valence-corrected chi connectivity index (χ3v) is 3.81. The van der Waals surface area contributed by atoms with Crippen molar-refractivity contribution in [1.29, 1.82) is 0 Å². The van der Waals surface area contributed by atoms with Crippen LogP contribution >= 0.6 is 11.3 Å². The molecule has 1 saturated heterocycles. The highest BCUT2D eigenvalue weighted by Gasteiger charge is 2.44. The molecule has 9 heteroatoms. The third kappa shape index (κ3) is 2.39. The van der Waals surface area contributed by atoms with Gasteiger partial charge in [-0.25, -0.2) is 9.69 Å². The molecule has 0 saturated carbocycles. The molecular formula is C13H12N4O4S. The minimum atomic E-state index is -0.867. The van der Waals surface area contributed by atoms with Gasteiger partial charge in [0.2, 0.25) is 11.7 Å². The molecule has 4 amide bonds. The van der Waals surface area contributed by atoms with Crippen LogP contribution in [0.1, 0.15) is 19.2 Å². The maximum Gasteiger partial charge on any atom is 0.334 e. The zero-order valence-corrected chi connectivity index (χ0v) is 12.5. The van der Waals surface area contributed by atoms with Crippen LogP contribution in [-0.4, -0.2) is 44.3 Å². The van der Waals surface area contributed by atoms with Gasteiger partial charge in [-0.15, -0.1) is 0 Å². The molecule has 0 radical (unpaired) electrons. The zero-order valence-electron chi connectivity index (χ0n) is 11.7. The van der Waals surface area contributed by atoms with Crippen molar-refractivity contribution in [3.63, 3.8) is 0 Å². The number of carbonyl (C=O) groups excluding carboxylic acids is 3. The minimum Gasteiger partial charge on any atom is -0.337 e. The maximum atomic E-state index is 12.1. The molecular weight excluding hydrogens is 308 g/mol. The van der Waals surface area contributed by atoms with Gasteiger partial charge < -0.3 is 4.52 Å². The Morgan fingerprint density at radius 3 is 2.68 bits per heavy atom. The largest absolute Gasteiger partial charge is 0.337 e. The molecule has 2 aromatic heterocycles. The molecule has 1 fully saturated rings. The van der Waals surface area contributed by atoms with E-state index in [1.807, 2.05) is 23.8 Å². The van der Waals surface area contributed by atoms with Crippen molar-refractivity contribution < 1.29 is 18.9 Å². The molecule has 8 nitrogen and oxygen atoms in total. The average molecular weight is 320 g/mol. The van der Waals surface area contributed by atoms with Crippen molar-refractivity contribution in [3.05, 3.63) is 22.7 Å². The molecule has 3 heterocycles. The summed E-state index contributed by atoms with van der Waals surface area (Å²) >= 11 is 1.49. The maximum absolute atomic E-state index is 12.1. The zero-order chi connectivity index (χ0) is 15.7. The third-order valence-electron chi connectivity index (χ3n) is 3.12. The Labute approximate surface area is 129 Å². The second-order valence-corrected chi connectivity index (χ2v) is 5.43. The fourth-order valence-corrected chi connectivity index (χ4v) is 2.71. The van der Waals surface area contributed by atoms with Gasteiger partial charge in [-0.2, -0.15) is 16.3 Å². The van der Waals surface area contributed by atoms with E-state index in [1.165, 1.54) is 11.3 Å². The monoisotopic (exact) mass is 320 g/mol. The molecule has 3 rings (SSSR count). The van der Waals surface area contributed by atoms with Crippen LogP contribution in [-0.2, 0) is 16.1 Å². The fourth-order valence-electron chi connectivity index (χ4n) is 2.07. The number of hydrogen-bond acceptors (Lipinski definition) is 7. The molecule has 0 unspecified atom stereocenters. The van der Waals surface area contributed by atoms with Crippen molar-refractivity contribution in [1.82, 2.24) is 19.9 Å². The summed E-state index contributed by atoms with van der Waals surface area (Å²) in [4.78, 5) is 41.6. The summed E-state index contributed by atoms with van der Waals surface area (Å²) in [5, 5.41) is 7.53. The van der Waals surface area contributed by atoms with E-state index in [2.05, 4.69) is 10.1 Å². The van der Waals surface area contributed by atoms with Crippen LogP contribution in [0.4, 0.5) is 4.79 Å². The lowest BCUT2D eigenvalue weighted by Crippen LogP contribution is -2.33. The van der Waals surface area contributed by atoms with Crippen LogP contribution in [0.5, 0.6) is 0 Å². The Bertz CT molecular complexity index is 724. The van der Waals surface area contributed by atoms with Crippen LogP contribution in [0.25, 0.3) is 11.4 Å². The van der Waals surface area contributed by atoms with E-state index >= 15 is 0 Å². The highest BCUT2D eigenvalue weighted by Crippen LogP contribution is 2.20. The molecule has 0 spiro atoms. The number of aromatic nitrogens is 2. The SMILES string of the molecule is CCCN1C(=O)C(=O)N(Cc2nc(-c3ccsc3)no2)C1=O. The van der Waals surface area contributed by atoms with Gasteiger partial charge in [-0.3, -0.25) is 14.5 Å². The van der Waals surface area contributed by atoms with Crippen LogP contribution in [0.15, 0.2) is 21.3 Å². The summed E-state index contributed by atoms with van der Waals surface area (Å²) < 4.78 is 5.05. The Morgan fingerprint density at radius 1 is 1.23 bits per heavy atom. The Morgan fingerprint density at radius 2 is 2.00 bits per heavy atom. The van der Waals surface area contributed by atoms with E-state index in [0.717, 1.165) is 15.4 Å². The van der Waals surface area contributed by atoms with E-state index in [9.17, 15) is 14.4 Å². The average Bonchev–Trinajstić information content (AvgIpc) is 3.21. The lowest BCUT2D eigenvalue weighted by molar-refractivity contribution is -0.143. The highest BCUT2D eigenvalue weighted by atomic mass is 32.1. The van der Waals surface area contributed by atoms with Gasteiger partial charge in [0.05, 0.1) is 0 Å². The summed E-state index contributed by atoms with van der Waals surface area (Å²) in [7, 11) is 0. The second kappa shape index (κ2) is 5.68. The molecule has 1 aliphatic heterocycles. The van der Waals surface area contributed by atoms with E-state index in [4.69, 9.17) is 4.52 Å². The Balaban J connectivity index is 1.77. The van der Waals surface area contributed by atoms with Crippen molar-refractivity contribution in [3.8, 4) is 11.4 Å². The number of hydrogen-bond donors (Lipinski definition) is 0. The standard InChI is InChI=1S/C13H12N4O4S/c1-2-4-16-11(18)12(19)17(13(16)20)6-9-14-10(15-21-9)8-3-5-22-7-8/h3,5,7H,2,4,6H2,1H3. The Kier molecular flexibility index (Phi) is 3.72. The summed E-state index contributed by atoms with van der Waals surface area (Å²) in [6, 6.07) is 1.19. The molecule has 0 aromatic carbocycles. The normalized spacial score (nSPS) is 15.2. The first-order valence-electron chi connectivity index (χ1n) is 6.64. The molecule has 0 aliphatic carbocycles. The predicted molar refractivity (Wildman–Crippen MR) is 75.6 cm³/mol. The second-order valence-electron chi connectivity index (χ2n) is 4.65. The van der Waals surface area contributed by atoms with Crippen LogP contribution < -0.4 is 0 Å². The number of imide groups is 2. The lowest BCUT2D eigenvalue weighted by atomic mass is 10.3. The topological polar surface area (TPSA) is 96.6 Å². The van der Waals surface area contributed by atoms with Gasteiger partial charge in [0.25, 0.3) is 0 Å². The van der Waals surface area contributed by atoms with Gasteiger partial charge >= 0.3 is 17.8 Å².